The average molecular weight is 601 g/mol. The van der Waals surface area contributed by atoms with Gasteiger partial charge < -0.3 is 42.2 Å². The number of anilines is 1. The molecule has 10 N–H and O–H groups in total. The van der Waals surface area contributed by atoms with Gasteiger partial charge in [-0.3, -0.25) is 5.41 Å². The van der Waals surface area contributed by atoms with Crippen LogP contribution in [0.2, 0.25) is 0 Å². The van der Waals surface area contributed by atoms with Gasteiger partial charge in [-0.2, -0.15) is 13.2 Å². The molecule has 1 aromatic heterocycles. The van der Waals surface area contributed by atoms with Crippen molar-refractivity contribution in [1.29, 1.82) is 5.41 Å². The summed E-state index contributed by atoms with van der Waals surface area (Å²) in [6.07, 6.45) is -1.48. The summed E-state index contributed by atoms with van der Waals surface area (Å²) in [6, 6.07) is 12.7. The number of aryl methyl sites for hydroxylation is 1. The number of halogens is 3. The van der Waals surface area contributed by atoms with Crippen LogP contribution < -0.4 is 37.7 Å². The van der Waals surface area contributed by atoms with E-state index in [1.54, 1.807) is 35.4 Å². The maximum atomic E-state index is 13.7. The number of aliphatic hydroxyl groups excluding tert-OH is 2. The van der Waals surface area contributed by atoms with E-state index >= 15 is 0 Å². The molecular formula is C30H39F3N8O2. The SMILES string of the molecule is C[C@H](N)CCCc1cc(-c2cc3c([nH]2)=NC(O)N(c2ccc([C@H](CO)NCCCNC(=N)N)cc2)C=3)cc(C(F)(F)F)c1. The monoisotopic (exact) mass is 600 g/mol. The second-order valence-corrected chi connectivity index (χ2v) is 10.8. The third-order valence-corrected chi connectivity index (χ3v) is 7.19. The Kier molecular flexibility index (Phi) is 10.5. The van der Waals surface area contributed by atoms with Gasteiger partial charge in [-0.15, -0.1) is 0 Å². The Labute approximate surface area is 247 Å². The molecule has 3 aromatic rings. The zero-order valence-electron chi connectivity index (χ0n) is 24.0. The molecule has 0 radical (unpaired) electrons. The summed E-state index contributed by atoms with van der Waals surface area (Å²) >= 11 is 0. The van der Waals surface area contributed by atoms with Gasteiger partial charge in [0, 0.05) is 35.4 Å². The quantitative estimate of drug-likeness (QED) is 0.0842. The van der Waals surface area contributed by atoms with Crippen LogP contribution in [0.25, 0.3) is 17.5 Å². The number of benzene rings is 2. The van der Waals surface area contributed by atoms with Crippen LogP contribution in [-0.2, 0) is 12.6 Å². The van der Waals surface area contributed by atoms with Crippen LogP contribution in [0.15, 0.2) is 53.5 Å². The predicted molar refractivity (Wildman–Crippen MR) is 160 cm³/mol. The molecule has 1 aliphatic heterocycles. The lowest BCUT2D eigenvalue weighted by Crippen LogP contribution is -2.41. The van der Waals surface area contributed by atoms with Crippen LogP contribution in [-0.4, -0.2) is 53.2 Å². The number of aromatic nitrogens is 1. The first-order valence-electron chi connectivity index (χ1n) is 14.2. The van der Waals surface area contributed by atoms with Gasteiger partial charge in [0.05, 0.1) is 18.2 Å². The molecule has 2 aromatic carbocycles. The van der Waals surface area contributed by atoms with E-state index in [0.29, 0.717) is 72.0 Å². The highest BCUT2D eigenvalue weighted by Crippen LogP contribution is 2.33. The van der Waals surface area contributed by atoms with Crippen LogP contribution in [0, 0.1) is 5.41 Å². The molecule has 0 saturated carbocycles. The Morgan fingerprint density at radius 2 is 1.88 bits per heavy atom. The zero-order chi connectivity index (χ0) is 31.1. The van der Waals surface area contributed by atoms with Gasteiger partial charge in [0.1, 0.15) is 5.49 Å². The number of aromatic amines is 1. The summed E-state index contributed by atoms with van der Waals surface area (Å²) in [7, 11) is 0. The molecule has 43 heavy (non-hydrogen) atoms. The summed E-state index contributed by atoms with van der Waals surface area (Å²) in [5.41, 5.74) is 13.6. The van der Waals surface area contributed by atoms with Crippen molar-refractivity contribution in [3.05, 3.63) is 75.9 Å². The van der Waals surface area contributed by atoms with Crippen molar-refractivity contribution in [2.45, 2.75) is 57.2 Å². The average Bonchev–Trinajstić information content (AvgIpc) is 3.37. The van der Waals surface area contributed by atoms with Crippen LogP contribution in [0.4, 0.5) is 18.9 Å². The maximum absolute atomic E-state index is 13.7. The third-order valence-electron chi connectivity index (χ3n) is 7.19. The Balaban J connectivity index is 1.54. The number of H-pyrrole nitrogens is 1. The highest BCUT2D eigenvalue weighted by Gasteiger charge is 2.31. The minimum atomic E-state index is -4.50. The molecule has 0 spiro atoms. The lowest BCUT2D eigenvalue weighted by Gasteiger charge is -2.26. The zero-order valence-corrected chi connectivity index (χ0v) is 24.0. The number of rotatable bonds is 13. The molecule has 4 rings (SSSR count). The number of nitrogens with zero attached hydrogens (tertiary/aromatic N) is 2. The molecule has 10 nitrogen and oxygen atoms in total. The Morgan fingerprint density at radius 1 is 1.14 bits per heavy atom. The van der Waals surface area contributed by atoms with Crippen molar-refractivity contribution in [2.24, 2.45) is 16.5 Å². The van der Waals surface area contributed by atoms with E-state index in [1.165, 1.54) is 6.07 Å². The fraction of sp³-hybridized carbons (Fsp3) is 0.400. The molecule has 1 aliphatic rings. The molecule has 0 aliphatic carbocycles. The van der Waals surface area contributed by atoms with Gasteiger partial charge in [-0.25, -0.2) is 4.99 Å². The first kappa shape index (κ1) is 32.0. The number of aliphatic hydroxyl groups is 2. The van der Waals surface area contributed by atoms with E-state index in [-0.39, 0.29) is 24.7 Å². The lowest BCUT2D eigenvalue weighted by atomic mass is 9.99. The lowest BCUT2D eigenvalue weighted by molar-refractivity contribution is -0.137. The molecule has 13 heteroatoms. The van der Waals surface area contributed by atoms with Gasteiger partial charge in [0.2, 0.25) is 6.35 Å². The normalized spacial score (nSPS) is 16.2. The molecule has 0 amide bonds. The molecule has 0 saturated heterocycles. The Bertz CT molecular complexity index is 1510. The fourth-order valence-electron chi connectivity index (χ4n) is 4.96. The molecule has 0 bridgehead atoms. The molecule has 1 unspecified atom stereocenters. The summed E-state index contributed by atoms with van der Waals surface area (Å²) in [5, 5.41) is 34.4. The molecule has 3 atom stereocenters. The minimum absolute atomic E-state index is 0.0250. The fourth-order valence-corrected chi connectivity index (χ4v) is 4.96. The van der Waals surface area contributed by atoms with Crippen molar-refractivity contribution in [3.8, 4) is 11.3 Å². The van der Waals surface area contributed by atoms with Crippen molar-refractivity contribution < 1.29 is 23.4 Å². The maximum Gasteiger partial charge on any atom is 0.416 e. The number of nitrogens with two attached hydrogens (primary N) is 2. The van der Waals surface area contributed by atoms with Gasteiger partial charge in [0.15, 0.2) is 5.96 Å². The third kappa shape index (κ3) is 8.57. The van der Waals surface area contributed by atoms with Crippen molar-refractivity contribution in [1.82, 2.24) is 15.6 Å². The van der Waals surface area contributed by atoms with E-state index in [1.807, 2.05) is 19.1 Å². The number of guanidine groups is 1. The topological polar surface area (TPSA) is 172 Å². The van der Waals surface area contributed by atoms with Crippen molar-refractivity contribution >= 4 is 17.8 Å². The van der Waals surface area contributed by atoms with Crippen LogP contribution in [0.1, 0.15) is 48.9 Å². The summed E-state index contributed by atoms with van der Waals surface area (Å²) in [6.45, 7) is 2.89. The summed E-state index contributed by atoms with van der Waals surface area (Å²) < 4.78 is 41.2. The second kappa shape index (κ2) is 14.0. The molecule has 232 valence electrons. The van der Waals surface area contributed by atoms with Crippen LogP contribution in [0.5, 0.6) is 0 Å². The van der Waals surface area contributed by atoms with Gasteiger partial charge in [-0.1, -0.05) is 12.1 Å². The number of nitrogens with one attached hydrogen (secondary N) is 4. The van der Waals surface area contributed by atoms with E-state index in [9.17, 15) is 23.4 Å². The Hall–Kier alpha value is -3.91. The number of alkyl halides is 3. The Morgan fingerprint density at radius 3 is 2.53 bits per heavy atom. The molecule has 2 heterocycles. The summed E-state index contributed by atoms with van der Waals surface area (Å²) in [5.74, 6) is -0.0886. The second-order valence-electron chi connectivity index (χ2n) is 10.8. The largest absolute Gasteiger partial charge is 0.416 e. The highest BCUT2D eigenvalue weighted by molar-refractivity contribution is 5.74. The summed E-state index contributed by atoms with van der Waals surface area (Å²) in [4.78, 5) is 8.96. The first-order valence-corrected chi connectivity index (χ1v) is 14.2. The smallest absolute Gasteiger partial charge is 0.394 e. The molecular weight excluding hydrogens is 561 g/mol. The molecule has 0 fully saturated rings. The van der Waals surface area contributed by atoms with Crippen LogP contribution >= 0.6 is 0 Å². The number of hydrogen-bond donors (Lipinski definition) is 8. The first-order chi connectivity index (χ1) is 20.4. The van der Waals surface area contributed by atoms with Gasteiger partial charge >= 0.3 is 6.18 Å². The predicted octanol–water partition coefficient (Wildman–Crippen LogP) is 2.02. The standard InChI is InChI=1S/C30H39F3N8O2/c1-18(34)4-2-5-19-12-21(14-23(13-19)30(31,32)33)25-15-22-16-41(29(43)40-27(22)39-25)24-8-6-20(7-9-24)26(17-42)37-10-3-11-38-28(35)36/h6-9,12-16,18,26,29,37,42-43H,2-5,10-11,17,34H2,1H3,(H,39,40)(H4,35,36,38)/t18-,26-,29?/m0/s1. The van der Waals surface area contributed by atoms with E-state index in [2.05, 4.69) is 20.6 Å². The number of fused-ring (bicyclic) bond motifs is 1. The minimum Gasteiger partial charge on any atom is -0.394 e. The number of hydrogen-bond acceptors (Lipinski definition) is 7. The van der Waals surface area contributed by atoms with Crippen molar-refractivity contribution in [2.75, 3.05) is 24.6 Å². The van der Waals surface area contributed by atoms with Gasteiger partial charge in [0.25, 0.3) is 0 Å². The van der Waals surface area contributed by atoms with E-state index < -0.39 is 18.1 Å². The van der Waals surface area contributed by atoms with Crippen LogP contribution in [0.3, 0.4) is 0 Å². The van der Waals surface area contributed by atoms with E-state index in [4.69, 9.17) is 16.9 Å². The highest BCUT2D eigenvalue weighted by atomic mass is 19.4. The van der Waals surface area contributed by atoms with Gasteiger partial charge in [-0.05, 0) is 92.2 Å². The van der Waals surface area contributed by atoms with Crippen molar-refractivity contribution in [3.63, 3.8) is 0 Å². The van der Waals surface area contributed by atoms with E-state index in [0.717, 1.165) is 11.6 Å².